The Hall–Kier alpha value is -0.410. The van der Waals surface area contributed by atoms with Crippen molar-refractivity contribution in [3.63, 3.8) is 0 Å². The fourth-order valence-electron chi connectivity index (χ4n) is 0.411. The predicted octanol–water partition coefficient (Wildman–Crippen LogP) is 1.87. The standard InChI is InChI=1S/C5H6N2S.ClH/c1-4-2-6-5(8)7-3-4;/h2-3H,1H3,(H,6,7,8);1H. The molecule has 0 aliphatic heterocycles. The van der Waals surface area contributed by atoms with Crippen molar-refractivity contribution >= 4 is 24.6 Å². The fourth-order valence-corrected chi connectivity index (χ4v) is 0.522. The molecular formula is C5H7ClN2S. The quantitative estimate of drug-likeness (QED) is 0.590. The molecule has 1 rings (SSSR count). The summed E-state index contributed by atoms with van der Waals surface area (Å²) < 4.78 is 0.538. The van der Waals surface area contributed by atoms with Gasteiger partial charge in [0.1, 0.15) is 0 Å². The molecule has 1 N–H and O–H groups in total. The summed E-state index contributed by atoms with van der Waals surface area (Å²) in [6.45, 7) is 1.96. The number of hydrogen-bond acceptors (Lipinski definition) is 2. The van der Waals surface area contributed by atoms with Gasteiger partial charge in [-0.2, -0.15) is 0 Å². The van der Waals surface area contributed by atoms with Crippen LogP contribution in [0, 0.1) is 11.7 Å². The Kier molecular flexibility index (Phi) is 3.42. The molecule has 0 aliphatic rings. The van der Waals surface area contributed by atoms with E-state index in [0.29, 0.717) is 4.77 Å². The van der Waals surface area contributed by atoms with Crippen LogP contribution in [0.4, 0.5) is 0 Å². The second-order valence-corrected chi connectivity index (χ2v) is 1.98. The molecule has 1 aromatic heterocycles. The van der Waals surface area contributed by atoms with Gasteiger partial charge < -0.3 is 4.98 Å². The van der Waals surface area contributed by atoms with Gasteiger partial charge in [-0.05, 0) is 24.7 Å². The van der Waals surface area contributed by atoms with E-state index in [9.17, 15) is 0 Å². The summed E-state index contributed by atoms with van der Waals surface area (Å²) in [6.07, 6.45) is 3.56. The van der Waals surface area contributed by atoms with Crippen LogP contribution in [0.15, 0.2) is 12.4 Å². The van der Waals surface area contributed by atoms with E-state index in [1.165, 1.54) is 0 Å². The molecule has 1 aromatic rings. The molecule has 0 bridgehead atoms. The lowest BCUT2D eigenvalue weighted by Crippen LogP contribution is -1.79. The third kappa shape index (κ3) is 2.58. The topological polar surface area (TPSA) is 28.7 Å². The molecule has 0 atom stereocenters. The number of aromatic amines is 1. The molecule has 0 amide bonds. The van der Waals surface area contributed by atoms with Gasteiger partial charge in [0.2, 0.25) is 0 Å². The van der Waals surface area contributed by atoms with Crippen LogP contribution in [0.2, 0.25) is 0 Å². The van der Waals surface area contributed by atoms with Crippen molar-refractivity contribution in [3.8, 4) is 0 Å². The number of halogens is 1. The normalized spacial score (nSPS) is 8.11. The summed E-state index contributed by atoms with van der Waals surface area (Å²) in [5, 5.41) is 0. The Morgan fingerprint density at radius 1 is 1.67 bits per heavy atom. The Bertz CT molecular complexity index is 212. The zero-order valence-corrected chi connectivity index (χ0v) is 6.55. The van der Waals surface area contributed by atoms with E-state index in [0.717, 1.165) is 5.56 Å². The number of H-pyrrole nitrogens is 1. The maximum atomic E-state index is 4.70. The Morgan fingerprint density at radius 3 is 2.67 bits per heavy atom. The highest BCUT2D eigenvalue weighted by molar-refractivity contribution is 7.71. The van der Waals surface area contributed by atoms with E-state index in [1.54, 1.807) is 6.20 Å². The van der Waals surface area contributed by atoms with E-state index in [2.05, 4.69) is 9.97 Å². The molecule has 2 nitrogen and oxygen atoms in total. The van der Waals surface area contributed by atoms with Crippen LogP contribution in [-0.2, 0) is 0 Å². The summed E-state index contributed by atoms with van der Waals surface area (Å²) in [5.41, 5.74) is 1.10. The third-order valence-electron chi connectivity index (χ3n) is 0.809. The maximum Gasteiger partial charge on any atom is 0.196 e. The molecule has 0 aliphatic carbocycles. The average molecular weight is 163 g/mol. The van der Waals surface area contributed by atoms with Gasteiger partial charge in [0, 0.05) is 12.4 Å². The SMILES string of the molecule is Cc1cnc(=S)[nH]c1.Cl. The molecule has 0 aromatic carbocycles. The second kappa shape index (κ2) is 3.58. The summed E-state index contributed by atoms with van der Waals surface area (Å²) in [6, 6.07) is 0. The zero-order chi connectivity index (χ0) is 5.98. The number of aromatic nitrogens is 2. The van der Waals surface area contributed by atoms with Crippen molar-refractivity contribution < 1.29 is 0 Å². The largest absolute Gasteiger partial charge is 0.337 e. The smallest absolute Gasteiger partial charge is 0.196 e. The molecule has 1 heterocycles. The van der Waals surface area contributed by atoms with Crippen molar-refractivity contribution in [1.29, 1.82) is 0 Å². The van der Waals surface area contributed by atoms with Crippen molar-refractivity contribution in [2.75, 3.05) is 0 Å². The Morgan fingerprint density at radius 2 is 2.33 bits per heavy atom. The van der Waals surface area contributed by atoms with Crippen LogP contribution in [0.5, 0.6) is 0 Å². The summed E-state index contributed by atoms with van der Waals surface area (Å²) >= 11 is 4.70. The minimum atomic E-state index is 0. The fraction of sp³-hybridized carbons (Fsp3) is 0.200. The maximum absolute atomic E-state index is 4.70. The van der Waals surface area contributed by atoms with Crippen molar-refractivity contribution in [2.24, 2.45) is 0 Å². The highest BCUT2D eigenvalue weighted by atomic mass is 35.5. The molecule has 0 radical (unpaired) electrons. The summed E-state index contributed by atoms with van der Waals surface area (Å²) in [5.74, 6) is 0. The number of nitrogens with zero attached hydrogens (tertiary/aromatic N) is 1. The third-order valence-corrected chi connectivity index (χ3v) is 1.03. The molecule has 0 saturated heterocycles. The molecular weight excluding hydrogens is 156 g/mol. The summed E-state index contributed by atoms with van der Waals surface area (Å²) in [7, 11) is 0. The first kappa shape index (κ1) is 8.59. The zero-order valence-electron chi connectivity index (χ0n) is 4.92. The van der Waals surface area contributed by atoms with Crippen LogP contribution in [0.1, 0.15) is 5.56 Å². The van der Waals surface area contributed by atoms with E-state index >= 15 is 0 Å². The predicted molar refractivity (Wildman–Crippen MR) is 41.4 cm³/mol. The van der Waals surface area contributed by atoms with Crippen molar-refractivity contribution in [3.05, 3.63) is 22.7 Å². The van der Waals surface area contributed by atoms with Crippen LogP contribution >= 0.6 is 24.6 Å². The molecule has 0 unspecified atom stereocenters. The van der Waals surface area contributed by atoms with E-state index in [-0.39, 0.29) is 12.4 Å². The first-order chi connectivity index (χ1) is 3.79. The Balaban J connectivity index is 0.000000640. The molecule has 50 valence electrons. The van der Waals surface area contributed by atoms with Crippen LogP contribution in [0.25, 0.3) is 0 Å². The number of aryl methyl sites for hydroxylation is 1. The van der Waals surface area contributed by atoms with E-state index in [1.807, 2.05) is 13.1 Å². The van der Waals surface area contributed by atoms with E-state index < -0.39 is 0 Å². The number of hydrogen-bond donors (Lipinski definition) is 1. The van der Waals surface area contributed by atoms with Gasteiger partial charge in [-0.3, -0.25) is 0 Å². The number of nitrogens with one attached hydrogen (secondary N) is 1. The lowest BCUT2D eigenvalue weighted by Gasteiger charge is -1.85. The van der Waals surface area contributed by atoms with Gasteiger partial charge in [0.25, 0.3) is 0 Å². The highest BCUT2D eigenvalue weighted by Crippen LogP contribution is 1.86. The van der Waals surface area contributed by atoms with Gasteiger partial charge in [-0.25, -0.2) is 4.98 Å². The minimum Gasteiger partial charge on any atom is -0.337 e. The van der Waals surface area contributed by atoms with Crippen LogP contribution in [0.3, 0.4) is 0 Å². The average Bonchev–Trinajstić information content (AvgIpc) is 1.77. The van der Waals surface area contributed by atoms with Gasteiger partial charge in [-0.1, -0.05) is 0 Å². The first-order valence-corrected chi connectivity index (χ1v) is 2.71. The Labute approximate surface area is 64.7 Å². The first-order valence-electron chi connectivity index (χ1n) is 2.30. The molecule has 0 saturated carbocycles. The second-order valence-electron chi connectivity index (χ2n) is 1.60. The monoisotopic (exact) mass is 162 g/mol. The summed E-state index contributed by atoms with van der Waals surface area (Å²) in [4.78, 5) is 6.64. The van der Waals surface area contributed by atoms with Gasteiger partial charge in [0.15, 0.2) is 4.77 Å². The molecule has 0 fully saturated rings. The molecule has 4 heteroatoms. The van der Waals surface area contributed by atoms with E-state index in [4.69, 9.17) is 12.2 Å². The lowest BCUT2D eigenvalue weighted by molar-refractivity contribution is 1.10. The highest BCUT2D eigenvalue weighted by Gasteiger charge is 1.77. The van der Waals surface area contributed by atoms with Gasteiger partial charge in [0.05, 0.1) is 0 Å². The van der Waals surface area contributed by atoms with Gasteiger partial charge in [-0.15, -0.1) is 12.4 Å². The molecule has 0 spiro atoms. The minimum absolute atomic E-state index is 0. The van der Waals surface area contributed by atoms with Crippen molar-refractivity contribution in [2.45, 2.75) is 6.92 Å². The van der Waals surface area contributed by atoms with Crippen LogP contribution in [-0.4, -0.2) is 9.97 Å². The van der Waals surface area contributed by atoms with Crippen LogP contribution < -0.4 is 0 Å². The van der Waals surface area contributed by atoms with Crippen molar-refractivity contribution in [1.82, 2.24) is 9.97 Å². The lowest BCUT2D eigenvalue weighted by atomic mass is 10.4. The number of rotatable bonds is 0. The van der Waals surface area contributed by atoms with Gasteiger partial charge >= 0.3 is 0 Å². The molecule has 9 heavy (non-hydrogen) atoms.